The lowest BCUT2D eigenvalue weighted by Gasteiger charge is -2.34. The fraction of sp³-hybridized carbons (Fsp3) is 0.524. The number of likely N-dealkylation sites (tertiary alicyclic amines) is 2. The molecule has 27 heavy (non-hydrogen) atoms. The predicted octanol–water partition coefficient (Wildman–Crippen LogP) is 3.55. The number of rotatable bonds is 5. The highest BCUT2D eigenvalue weighted by atomic mass is 19.1. The molecule has 2 aliphatic heterocycles. The van der Waals surface area contributed by atoms with E-state index in [0.29, 0.717) is 24.6 Å². The monoisotopic (exact) mass is 371 g/mol. The van der Waals surface area contributed by atoms with Crippen molar-refractivity contribution in [1.29, 1.82) is 0 Å². The molecule has 0 unspecified atom stereocenters. The van der Waals surface area contributed by atoms with Crippen molar-refractivity contribution in [1.82, 2.24) is 14.8 Å². The van der Waals surface area contributed by atoms with Gasteiger partial charge in [-0.1, -0.05) is 12.1 Å². The van der Waals surface area contributed by atoms with E-state index in [1.54, 1.807) is 12.3 Å². The van der Waals surface area contributed by atoms with Gasteiger partial charge in [0.05, 0.1) is 12.7 Å². The summed E-state index contributed by atoms with van der Waals surface area (Å²) in [5, 5.41) is 0. The van der Waals surface area contributed by atoms with Gasteiger partial charge in [0.15, 0.2) is 0 Å². The Morgan fingerprint density at radius 2 is 2.00 bits per heavy atom. The van der Waals surface area contributed by atoms with E-state index >= 15 is 0 Å². The van der Waals surface area contributed by atoms with Crippen molar-refractivity contribution in [2.24, 2.45) is 0 Å². The molecule has 2 aromatic rings. The summed E-state index contributed by atoms with van der Waals surface area (Å²) in [6.45, 7) is 3.29. The van der Waals surface area contributed by atoms with Gasteiger partial charge in [-0.2, -0.15) is 0 Å². The topological polar surface area (TPSA) is 49.6 Å². The highest BCUT2D eigenvalue weighted by Crippen LogP contribution is 2.31. The number of benzene rings is 1. The lowest BCUT2D eigenvalue weighted by Crippen LogP contribution is -2.43. The van der Waals surface area contributed by atoms with E-state index in [1.165, 1.54) is 25.0 Å². The summed E-state index contributed by atoms with van der Waals surface area (Å²) in [5.74, 6) is 1.23. The van der Waals surface area contributed by atoms with Crippen molar-refractivity contribution < 1.29 is 13.6 Å². The van der Waals surface area contributed by atoms with Crippen LogP contribution in [0.5, 0.6) is 0 Å². The zero-order chi connectivity index (χ0) is 18.6. The number of hydrogen-bond acceptors (Lipinski definition) is 4. The molecule has 2 aliphatic rings. The van der Waals surface area contributed by atoms with E-state index in [-0.39, 0.29) is 17.8 Å². The Balaban J connectivity index is 1.45. The third-order valence-corrected chi connectivity index (χ3v) is 5.50. The Bertz CT molecular complexity index is 785. The number of hydrogen-bond donors (Lipinski definition) is 0. The Hall–Kier alpha value is -2.21. The van der Waals surface area contributed by atoms with Crippen LogP contribution in [0.3, 0.4) is 0 Å². The number of piperidine rings is 1. The van der Waals surface area contributed by atoms with Gasteiger partial charge >= 0.3 is 0 Å². The fourth-order valence-corrected chi connectivity index (χ4v) is 4.12. The van der Waals surface area contributed by atoms with Gasteiger partial charge in [-0.15, -0.1) is 0 Å². The van der Waals surface area contributed by atoms with Crippen molar-refractivity contribution in [2.75, 3.05) is 26.2 Å². The lowest BCUT2D eigenvalue weighted by molar-refractivity contribution is -0.136. The van der Waals surface area contributed by atoms with Crippen LogP contribution in [-0.4, -0.2) is 46.9 Å². The molecule has 144 valence electrons. The molecule has 1 aromatic carbocycles. The van der Waals surface area contributed by atoms with E-state index in [1.807, 2.05) is 11.0 Å². The molecular weight excluding hydrogens is 345 g/mol. The third-order valence-electron chi connectivity index (χ3n) is 5.50. The van der Waals surface area contributed by atoms with Gasteiger partial charge in [-0.05, 0) is 62.9 Å². The smallest absolute Gasteiger partial charge is 0.237 e. The second kappa shape index (κ2) is 8.21. The first-order valence-corrected chi connectivity index (χ1v) is 9.90. The molecule has 0 aliphatic carbocycles. The SMILES string of the molecule is O=C(CN1CCCC1)N1CCCC[C@H]1c1ncc(Cc2cccc(F)c2)o1. The summed E-state index contributed by atoms with van der Waals surface area (Å²) >= 11 is 0. The molecule has 0 spiro atoms. The van der Waals surface area contributed by atoms with Gasteiger partial charge in [0.25, 0.3) is 0 Å². The van der Waals surface area contributed by atoms with Crippen LogP contribution in [0.4, 0.5) is 4.39 Å². The Morgan fingerprint density at radius 1 is 1.19 bits per heavy atom. The van der Waals surface area contributed by atoms with E-state index in [4.69, 9.17) is 4.42 Å². The van der Waals surface area contributed by atoms with Gasteiger partial charge in [0, 0.05) is 13.0 Å². The van der Waals surface area contributed by atoms with Crippen molar-refractivity contribution >= 4 is 5.91 Å². The highest BCUT2D eigenvalue weighted by molar-refractivity contribution is 5.78. The molecule has 0 N–H and O–H groups in total. The lowest BCUT2D eigenvalue weighted by atomic mass is 10.0. The largest absolute Gasteiger partial charge is 0.443 e. The number of carbonyl (C=O) groups is 1. The second-order valence-electron chi connectivity index (χ2n) is 7.55. The first kappa shape index (κ1) is 18.2. The van der Waals surface area contributed by atoms with Crippen molar-refractivity contribution in [3.63, 3.8) is 0 Å². The van der Waals surface area contributed by atoms with Crippen LogP contribution in [0.1, 0.15) is 55.4 Å². The van der Waals surface area contributed by atoms with Crippen molar-refractivity contribution in [3.05, 3.63) is 53.5 Å². The van der Waals surface area contributed by atoms with E-state index < -0.39 is 0 Å². The van der Waals surface area contributed by atoms with Crippen molar-refractivity contribution in [3.8, 4) is 0 Å². The normalized spacial score (nSPS) is 20.9. The van der Waals surface area contributed by atoms with Gasteiger partial charge in [0.2, 0.25) is 11.8 Å². The van der Waals surface area contributed by atoms with Gasteiger partial charge in [-0.25, -0.2) is 9.37 Å². The average molecular weight is 371 g/mol. The van der Waals surface area contributed by atoms with Gasteiger partial charge < -0.3 is 9.32 Å². The molecule has 1 atom stereocenters. The standard InChI is InChI=1S/C21H26FN3O2/c22-17-7-5-6-16(12-17)13-18-14-23-21(27-18)19-8-1-2-11-25(19)20(26)15-24-9-3-4-10-24/h5-7,12,14,19H,1-4,8-11,13,15H2/t19-/m0/s1. The van der Waals surface area contributed by atoms with Gasteiger partial charge in [0.1, 0.15) is 17.6 Å². The minimum Gasteiger partial charge on any atom is -0.443 e. The maximum Gasteiger partial charge on any atom is 0.237 e. The summed E-state index contributed by atoms with van der Waals surface area (Å²) < 4.78 is 19.4. The Kier molecular flexibility index (Phi) is 5.53. The molecule has 2 saturated heterocycles. The summed E-state index contributed by atoms with van der Waals surface area (Å²) in [6, 6.07) is 6.42. The van der Waals surface area contributed by atoms with E-state index in [0.717, 1.165) is 44.5 Å². The van der Waals surface area contributed by atoms with Crippen LogP contribution in [0.25, 0.3) is 0 Å². The summed E-state index contributed by atoms with van der Waals surface area (Å²) in [5.41, 5.74) is 0.850. The van der Waals surface area contributed by atoms with Crippen molar-refractivity contribution in [2.45, 2.75) is 44.6 Å². The molecule has 1 amide bonds. The molecule has 1 aromatic heterocycles. The summed E-state index contributed by atoms with van der Waals surface area (Å²) in [6.07, 6.45) is 7.54. The molecule has 2 fully saturated rings. The van der Waals surface area contributed by atoms with Crippen LogP contribution in [0.15, 0.2) is 34.9 Å². The fourth-order valence-electron chi connectivity index (χ4n) is 4.12. The summed E-state index contributed by atoms with van der Waals surface area (Å²) in [4.78, 5) is 21.5. The average Bonchev–Trinajstić information content (AvgIpc) is 3.34. The maximum atomic E-state index is 13.4. The predicted molar refractivity (Wildman–Crippen MR) is 99.7 cm³/mol. The van der Waals surface area contributed by atoms with Crippen LogP contribution < -0.4 is 0 Å². The molecule has 3 heterocycles. The molecular formula is C21H26FN3O2. The first-order chi connectivity index (χ1) is 13.2. The zero-order valence-electron chi connectivity index (χ0n) is 15.6. The molecule has 4 rings (SSSR count). The minimum absolute atomic E-state index is 0.0879. The van der Waals surface area contributed by atoms with Crippen LogP contribution in [0.2, 0.25) is 0 Å². The number of nitrogens with zero attached hydrogens (tertiary/aromatic N) is 3. The second-order valence-corrected chi connectivity index (χ2v) is 7.55. The molecule has 0 bridgehead atoms. The Labute approximate surface area is 159 Å². The Morgan fingerprint density at radius 3 is 2.81 bits per heavy atom. The highest BCUT2D eigenvalue weighted by Gasteiger charge is 2.32. The zero-order valence-corrected chi connectivity index (χ0v) is 15.6. The van der Waals surface area contributed by atoms with E-state index in [2.05, 4.69) is 9.88 Å². The number of aromatic nitrogens is 1. The minimum atomic E-state index is -0.252. The summed E-state index contributed by atoms with van der Waals surface area (Å²) in [7, 11) is 0. The first-order valence-electron chi connectivity index (χ1n) is 9.90. The molecule has 0 saturated carbocycles. The quantitative estimate of drug-likeness (QED) is 0.806. The van der Waals surface area contributed by atoms with Crippen LogP contribution in [-0.2, 0) is 11.2 Å². The maximum absolute atomic E-state index is 13.4. The van der Waals surface area contributed by atoms with Crippen LogP contribution >= 0.6 is 0 Å². The van der Waals surface area contributed by atoms with Crippen LogP contribution in [0, 0.1) is 5.82 Å². The number of halogens is 1. The molecule has 6 heteroatoms. The number of oxazole rings is 1. The number of carbonyl (C=O) groups excluding carboxylic acids is 1. The molecule has 0 radical (unpaired) electrons. The molecule has 5 nitrogen and oxygen atoms in total. The number of amides is 1. The van der Waals surface area contributed by atoms with E-state index in [9.17, 15) is 9.18 Å². The van der Waals surface area contributed by atoms with Gasteiger partial charge in [-0.3, -0.25) is 9.69 Å². The third kappa shape index (κ3) is 4.38.